The quantitative estimate of drug-likeness (QED) is 0.841. The van der Waals surface area contributed by atoms with Gasteiger partial charge in [0.15, 0.2) is 0 Å². The van der Waals surface area contributed by atoms with Crippen LogP contribution in [-0.2, 0) is 9.53 Å². The zero-order valence-corrected chi connectivity index (χ0v) is 12.8. The lowest BCUT2D eigenvalue weighted by atomic mass is 9.73. The largest absolute Gasteiger partial charge is 0.374 e. The summed E-state index contributed by atoms with van der Waals surface area (Å²) in [6.45, 7) is 1.66. The van der Waals surface area contributed by atoms with Gasteiger partial charge in [-0.25, -0.2) is 0 Å². The van der Waals surface area contributed by atoms with Crippen molar-refractivity contribution in [1.29, 1.82) is 0 Å². The molecule has 1 heterocycles. The first-order valence-electron chi connectivity index (χ1n) is 8.66. The van der Waals surface area contributed by atoms with Crippen LogP contribution in [0.25, 0.3) is 0 Å². The maximum atomic E-state index is 11.5. The third-order valence-electron chi connectivity index (χ3n) is 5.67. The molecule has 0 aromatic rings. The highest BCUT2D eigenvalue weighted by Gasteiger charge is 2.42. The molecule has 0 aromatic carbocycles. The fourth-order valence-corrected chi connectivity index (χ4v) is 4.70. The van der Waals surface area contributed by atoms with E-state index in [0.29, 0.717) is 24.2 Å². The van der Waals surface area contributed by atoms with E-state index in [1.54, 1.807) is 6.92 Å². The van der Waals surface area contributed by atoms with E-state index in [2.05, 4.69) is 5.32 Å². The van der Waals surface area contributed by atoms with Gasteiger partial charge in [0.2, 0.25) is 5.91 Å². The average molecular weight is 279 g/mol. The van der Waals surface area contributed by atoms with Gasteiger partial charge in [0.05, 0.1) is 12.2 Å². The van der Waals surface area contributed by atoms with Crippen molar-refractivity contribution in [2.24, 2.45) is 11.8 Å². The molecule has 3 rings (SSSR count). The van der Waals surface area contributed by atoms with Gasteiger partial charge in [-0.05, 0) is 38.0 Å². The number of fused-ring (bicyclic) bond motifs is 1. The minimum atomic E-state index is 0.128. The normalized spacial score (nSPS) is 39.0. The molecule has 3 heteroatoms. The number of hydrogen-bond acceptors (Lipinski definition) is 2. The Hall–Kier alpha value is -0.570. The zero-order valence-electron chi connectivity index (χ0n) is 12.8. The number of nitrogens with one attached hydrogen (secondary N) is 1. The van der Waals surface area contributed by atoms with E-state index in [1.807, 2.05) is 0 Å². The van der Waals surface area contributed by atoms with E-state index < -0.39 is 0 Å². The first-order valence-corrected chi connectivity index (χ1v) is 8.66. The third-order valence-corrected chi connectivity index (χ3v) is 5.67. The van der Waals surface area contributed by atoms with Crippen molar-refractivity contribution in [3.8, 4) is 0 Å². The summed E-state index contributed by atoms with van der Waals surface area (Å²) in [6.07, 6.45) is 13.6. The van der Waals surface area contributed by atoms with Crippen LogP contribution in [0.5, 0.6) is 0 Å². The number of ether oxygens (including phenoxy) is 1. The molecule has 3 fully saturated rings. The summed E-state index contributed by atoms with van der Waals surface area (Å²) < 4.78 is 6.49. The molecule has 1 saturated heterocycles. The molecule has 1 N–H and O–H groups in total. The van der Waals surface area contributed by atoms with Crippen LogP contribution in [0.1, 0.15) is 71.1 Å². The molecular weight excluding hydrogens is 250 g/mol. The van der Waals surface area contributed by atoms with Crippen molar-refractivity contribution in [2.45, 2.75) is 89.4 Å². The standard InChI is InChI=1S/C17H29NO2/c1-12(19)18-15-11-17(13-7-3-2-4-8-13)20-16-10-6-5-9-14(15)16/h13-17H,2-11H2,1H3,(H,18,19)/t14-,15+,16+,17+/m0/s1. The molecule has 1 amide bonds. The van der Waals surface area contributed by atoms with E-state index in [1.165, 1.54) is 57.8 Å². The van der Waals surface area contributed by atoms with Crippen molar-refractivity contribution >= 4 is 5.91 Å². The number of hydrogen-bond donors (Lipinski definition) is 1. The lowest BCUT2D eigenvalue weighted by Crippen LogP contribution is -2.54. The summed E-state index contributed by atoms with van der Waals surface area (Å²) in [5, 5.41) is 3.23. The Morgan fingerprint density at radius 2 is 1.65 bits per heavy atom. The topological polar surface area (TPSA) is 38.3 Å². The molecule has 114 valence electrons. The summed E-state index contributed by atoms with van der Waals surface area (Å²) in [7, 11) is 0. The Morgan fingerprint density at radius 1 is 0.950 bits per heavy atom. The van der Waals surface area contributed by atoms with Crippen molar-refractivity contribution in [1.82, 2.24) is 5.32 Å². The Morgan fingerprint density at radius 3 is 2.40 bits per heavy atom. The highest BCUT2D eigenvalue weighted by atomic mass is 16.5. The van der Waals surface area contributed by atoms with Gasteiger partial charge in [-0.15, -0.1) is 0 Å². The maximum absolute atomic E-state index is 11.5. The van der Waals surface area contributed by atoms with Crippen LogP contribution in [0.4, 0.5) is 0 Å². The predicted molar refractivity (Wildman–Crippen MR) is 79.4 cm³/mol. The molecule has 4 atom stereocenters. The van der Waals surface area contributed by atoms with Crippen LogP contribution in [-0.4, -0.2) is 24.2 Å². The molecular formula is C17H29NO2. The number of amides is 1. The van der Waals surface area contributed by atoms with Gasteiger partial charge >= 0.3 is 0 Å². The molecule has 0 radical (unpaired) electrons. The molecule has 0 spiro atoms. The second-order valence-electron chi connectivity index (χ2n) is 7.10. The SMILES string of the molecule is CC(=O)N[C@@H]1C[C@H](C2CCCCC2)O[C@@H]2CCCC[C@@H]12. The minimum Gasteiger partial charge on any atom is -0.374 e. The predicted octanol–water partition coefficient (Wildman–Crippen LogP) is 3.42. The highest BCUT2D eigenvalue weighted by molar-refractivity contribution is 5.73. The van der Waals surface area contributed by atoms with Crippen LogP contribution < -0.4 is 5.32 Å². The Labute approximate surface area is 122 Å². The van der Waals surface area contributed by atoms with Gasteiger partial charge < -0.3 is 10.1 Å². The van der Waals surface area contributed by atoms with Crippen LogP contribution in [0, 0.1) is 11.8 Å². The van der Waals surface area contributed by atoms with E-state index in [-0.39, 0.29) is 5.91 Å². The molecule has 2 aliphatic carbocycles. The van der Waals surface area contributed by atoms with Crippen LogP contribution in [0.2, 0.25) is 0 Å². The van der Waals surface area contributed by atoms with E-state index >= 15 is 0 Å². The van der Waals surface area contributed by atoms with Gasteiger partial charge in [0.25, 0.3) is 0 Å². The Bertz CT molecular complexity index is 338. The molecule has 0 unspecified atom stereocenters. The van der Waals surface area contributed by atoms with Crippen molar-refractivity contribution in [2.75, 3.05) is 0 Å². The van der Waals surface area contributed by atoms with Crippen LogP contribution in [0.3, 0.4) is 0 Å². The number of rotatable bonds is 2. The van der Waals surface area contributed by atoms with Crippen LogP contribution in [0.15, 0.2) is 0 Å². The number of carbonyl (C=O) groups is 1. The smallest absolute Gasteiger partial charge is 0.217 e. The number of carbonyl (C=O) groups excluding carboxylic acids is 1. The fourth-order valence-electron chi connectivity index (χ4n) is 4.70. The first-order chi connectivity index (χ1) is 9.74. The zero-order chi connectivity index (χ0) is 13.9. The molecule has 2 saturated carbocycles. The van der Waals surface area contributed by atoms with E-state index in [4.69, 9.17) is 4.74 Å². The average Bonchev–Trinajstić information content (AvgIpc) is 2.47. The molecule has 20 heavy (non-hydrogen) atoms. The summed E-state index contributed by atoms with van der Waals surface area (Å²) in [4.78, 5) is 11.5. The van der Waals surface area contributed by atoms with E-state index in [9.17, 15) is 4.79 Å². The molecule has 0 bridgehead atoms. The van der Waals surface area contributed by atoms with Crippen molar-refractivity contribution in [3.63, 3.8) is 0 Å². The monoisotopic (exact) mass is 279 g/mol. The molecule has 3 nitrogen and oxygen atoms in total. The third kappa shape index (κ3) is 3.19. The van der Waals surface area contributed by atoms with Crippen molar-refractivity contribution in [3.05, 3.63) is 0 Å². The lowest BCUT2D eigenvalue weighted by Gasteiger charge is -2.47. The summed E-state index contributed by atoms with van der Waals surface area (Å²) in [5.41, 5.74) is 0. The maximum Gasteiger partial charge on any atom is 0.217 e. The van der Waals surface area contributed by atoms with E-state index in [0.717, 1.165) is 12.3 Å². The van der Waals surface area contributed by atoms with Crippen LogP contribution >= 0.6 is 0 Å². The van der Waals surface area contributed by atoms with Gasteiger partial charge in [0.1, 0.15) is 0 Å². The van der Waals surface area contributed by atoms with Gasteiger partial charge in [0, 0.05) is 18.9 Å². The molecule has 3 aliphatic rings. The fraction of sp³-hybridized carbons (Fsp3) is 0.941. The summed E-state index contributed by atoms with van der Waals surface area (Å²) in [6, 6.07) is 0.360. The Balaban J connectivity index is 1.68. The summed E-state index contributed by atoms with van der Waals surface area (Å²) in [5.74, 6) is 1.43. The second-order valence-corrected chi connectivity index (χ2v) is 7.10. The first kappa shape index (κ1) is 14.4. The van der Waals surface area contributed by atoms with Gasteiger partial charge in [-0.3, -0.25) is 4.79 Å². The molecule has 0 aromatic heterocycles. The Kier molecular flexibility index (Phi) is 4.65. The lowest BCUT2D eigenvalue weighted by molar-refractivity contribution is -0.142. The van der Waals surface area contributed by atoms with Gasteiger partial charge in [-0.1, -0.05) is 32.1 Å². The minimum absolute atomic E-state index is 0.128. The summed E-state index contributed by atoms with van der Waals surface area (Å²) >= 11 is 0. The highest BCUT2D eigenvalue weighted by Crippen LogP contribution is 2.40. The second kappa shape index (κ2) is 6.46. The molecule has 1 aliphatic heterocycles. The van der Waals surface area contributed by atoms with Crippen molar-refractivity contribution < 1.29 is 9.53 Å². The van der Waals surface area contributed by atoms with Gasteiger partial charge in [-0.2, -0.15) is 0 Å².